The van der Waals surface area contributed by atoms with Gasteiger partial charge in [0.2, 0.25) is 0 Å². The second kappa shape index (κ2) is 6.18. The Balaban J connectivity index is 2.12. The zero-order chi connectivity index (χ0) is 15.5. The van der Waals surface area contributed by atoms with Gasteiger partial charge in [0.15, 0.2) is 5.82 Å². The van der Waals surface area contributed by atoms with Crippen LogP contribution in [0.15, 0.2) is 17.2 Å². The first kappa shape index (κ1) is 16.0. The molecule has 0 radical (unpaired) electrons. The molecule has 0 saturated heterocycles. The van der Waals surface area contributed by atoms with Crippen LogP contribution in [0.2, 0.25) is 0 Å². The Labute approximate surface area is 126 Å². The van der Waals surface area contributed by atoms with Crippen LogP contribution < -0.4 is 10.9 Å². The molecule has 5 heteroatoms. The molecule has 1 aromatic heterocycles. The Morgan fingerprint density at radius 1 is 1.29 bits per heavy atom. The van der Waals surface area contributed by atoms with Crippen LogP contribution in [0.3, 0.4) is 0 Å². The van der Waals surface area contributed by atoms with Gasteiger partial charge in [0, 0.05) is 24.5 Å². The molecule has 5 nitrogen and oxygen atoms in total. The van der Waals surface area contributed by atoms with E-state index in [4.69, 9.17) is 0 Å². The van der Waals surface area contributed by atoms with Gasteiger partial charge in [0.1, 0.15) is 0 Å². The van der Waals surface area contributed by atoms with Gasteiger partial charge in [-0.15, -0.1) is 0 Å². The first-order valence-electron chi connectivity index (χ1n) is 7.86. The van der Waals surface area contributed by atoms with Crippen molar-refractivity contribution < 1.29 is 5.11 Å². The lowest BCUT2D eigenvalue weighted by Crippen LogP contribution is -2.40. The van der Waals surface area contributed by atoms with Gasteiger partial charge in [0.05, 0.1) is 5.60 Å². The summed E-state index contributed by atoms with van der Waals surface area (Å²) in [4.78, 5) is 16.6. The lowest BCUT2D eigenvalue weighted by atomic mass is 9.94. The normalized spacial score (nSPS) is 19.0. The number of aromatic nitrogens is 2. The number of anilines is 1. The third kappa shape index (κ3) is 4.06. The summed E-state index contributed by atoms with van der Waals surface area (Å²) in [5, 5.41) is 13.7. The molecule has 0 aliphatic heterocycles. The van der Waals surface area contributed by atoms with Crippen molar-refractivity contribution in [1.82, 2.24) is 9.55 Å². The van der Waals surface area contributed by atoms with Gasteiger partial charge in [-0.05, 0) is 33.6 Å². The SMILES string of the molecule is CC(C)(C)n1ccnc(NCC2(O)CCCCCC2)c1=O. The van der Waals surface area contributed by atoms with E-state index in [0.717, 1.165) is 25.7 Å². The molecule has 0 unspecified atom stereocenters. The highest BCUT2D eigenvalue weighted by molar-refractivity contribution is 5.31. The molecule has 1 aromatic rings. The van der Waals surface area contributed by atoms with Crippen LogP contribution in [0.5, 0.6) is 0 Å². The van der Waals surface area contributed by atoms with Crippen LogP contribution >= 0.6 is 0 Å². The third-order valence-electron chi connectivity index (χ3n) is 4.18. The van der Waals surface area contributed by atoms with Crippen LogP contribution in [-0.2, 0) is 5.54 Å². The highest BCUT2D eigenvalue weighted by Crippen LogP contribution is 2.27. The summed E-state index contributed by atoms with van der Waals surface area (Å²) in [6.45, 7) is 6.34. The molecule has 0 aromatic carbocycles. The molecule has 2 N–H and O–H groups in total. The molecule has 1 aliphatic carbocycles. The van der Waals surface area contributed by atoms with Gasteiger partial charge < -0.3 is 15.0 Å². The molecule has 1 aliphatic rings. The summed E-state index contributed by atoms with van der Waals surface area (Å²) in [6.07, 6.45) is 9.38. The molecule has 118 valence electrons. The zero-order valence-corrected chi connectivity index (χ0v) is 13.4. The third-order valence-corrected chi connectivity index (χ3v) is 4.18. The van der Waals surface area contributed by atoms with Crippen molar-refractivity contribution in [1.29, 1.82) is 0 Å². The molecule has 0 amide bonds. The van der Waals surface area contributed by atoms with Crippen molar-refractivity contribution in [3.05, 3.63) is 22.7 Å². The van der Waals surface area contributed by atoms with Gasteiger partial charge >= 0.3 is 0 Å². The van der Waals surface area contributed by atoms with E-state index in [1.54, 1.807) is 17.0 Å². The fourth-order valence-electron chi connectivity index (χ4n) is 2.87. The van der Waals surface area contributed by atoms with Crippen molar-refractivity contribution in [2.45, 2.75) is 70.4 Å². The predicted octanol–water partition coefficient (Wildman–Crippen LogP) is 2.50. The molecule has 21 heavy (non-hydrogen) atoms. The average Bonchev–Trinajstić information content (AvgIpc) is 2.62. The minimum atomic E-state index is -0.715. The van der Waals surface area contributed by atoms with E-state index in [-0.39, 0.29) is 11.1 Å². The van der Waals surface area contributed by atoms with E-state index < -0.39 is 5.60 Å². The molecule has 0 bridgehead atoms. The monoisotopic (exact) mass is 293 g/mol. The van der Waals surface area contributed by atoms with Crippen molar-refractivity contribution in [2.24, 2.45) is 0 Å². The molecular formula is C16H27N3O2. The van der Waals surface area contributed by atoms with Crippen molar-refractivity contribution in [2.75, 3.05) is 11.9 Å². The number of nitrogens with zero attached hydrogens (tertiary/aromatic N) is 2. The standard InChI is InChI=1S/C16H27N3O2/c1-15(2,3)19-11-10-17-13(14(19)20)18-12-16(21)8-6-4-5-7-9-16/h10-11,21H,4-9,12H2,1-3H3,(H,17,18). The number of hydrogen-bond acceptors (Lipinski definition) is 4. The molecule has 1 heterocycles. The van der Waals surface area contributed by atoms with Gasteiger partial charge in [-0.1, -0.05) is 25.7 Å². The molecule has 1 saturated carbocycles. The number of nitrogens with one attached hydrogen (secondary N) is 1. The van der Waals surface area contributed by atoms with Crippen LogP contribution in [0.4, 0.5) is 5.82 Å². The van der Waals surface area contributed by atoms with Gasteiger partial charge in [-0.2, -0.15) is 0 Å². The first-order chi connectivity index (χ1) is 9.82. The van der Waals surface area contributed by atoms with Gasteiger partial charge in [-0.3, -0.25) is 4.79 Å². The number of hydrogen-bond donors (Lipinski definition) is 2. The zero-order valence-electron chi connectivity index (χ0n) is 13.4. The van der Waals surface area contributed by atoms with E-state index in [2.05, 4.69) is 10.3 Å². The Morgan fingerprint density at radius 3 is 2.48 bits per heavy atom. The summed E-state index contributed by atoms with van der Waals surface area (Å²) in [7, 11) is 0. The van der Waals surface area contributed by atoms with E-state index >= 15 is 0 Å². The molecule has 0 spiro atoms. The predicted molar refractivity (Wildman–Crippen MR) is 84.6 cm³/mol. The van der Waals surface area contributed by atoms with Crippen LogP contribution in [0.1, 0.15) is 59.3 Å². The van der Waals surface area contributed by atoms with Crippen molar-refractivity contribution in [3.63, 3.8) is 0 Å². The smallest absolute Gasteiger partial charge is 0.293 e. The van der Waals surface area contributed by atoms with Gasteiger partial charge in [0.25, 0.3) is 5.56 Å². The Kier molecular flexibility index (Phi) is 4.71. The highest BCUT2D eigenvalue weighted by atomic mass is 16.3. The van der Waals surface area contributed by atoms with E-state index in [1.807, 2.05) is 20.8 Å². The average molecular weight is 293 g/mol. The maximum absolute atomic E-state index is 12.4. The van der Waals surface area contributed by atoms with Crippen molar-refractivity contribution >= 4 is 5.82 Å². The summed E-state index contributed by atoms with van der Waals surface area (Å²) in [5.74, 6) is 0.324. The maximum Gasteiger partial charge on any atom is 0.293 e. The first-order valence-corrected chi connectivity index (χ1v) is 7.86. The number of rotatable bonds is 3. The Hall–Kier alpha value is -1.36. The van der Waals surface area contributed by atoms with E-state index in [9.17, 15) is 9.90 Å². The second-order valence-electron chi connectivity index (χ2n) is 7.11. The van der Waals surface area contributed by atoms with Crippen LogP contribution in [-0.4, -0.2) is 26.8 Å². The summed E-state index contributed by atoms with van der Waals surface area (Å²) in [6, 6.07) is 0. The minimum Gasteiger partial charge on any atom is -0.388 e. The topological polar surface area (TPSA) is 67.2 Å². The fourth-order valence-corrected chi connectivity index (χ4v) is 2.87. The number of aliphatic hydroxyl groups is 1. The lowest BCUT2D eigenvalue weighted by molar-refractivity contribution is 0.0380. The summed E-state index contributed by atoms with van der Waals surface area (Å²) >= 11 is 0. The largest absolute Gasteiger partial charge is 0.388 e. The van der Waals surface area contributed by atoms with Gasteiger partial charge in [-0.25, -0.2) is 4.98 Å². The minimum absolute atomic E-state index is 0.137. The summed E-state index contributed by atoms with van der Waals surface area (Å²) < 4.78 is 1.67. The van der Waals surface area contributed by atoms with Crippen molar-refractivity contribution in [3.8, 4) is 0 Å². The highest BCUT2D eigenvalue weighted by Gasteiger charge is 2.28. The molecular weight excluding hydrogens is 266 g/mol. The second-order valence-corrected chi connectivity index (χ2v) is 7.11. The van der Waals surface area contributed by atoms with Crippen LogP contribution in [0.25, 0.3) is 0 Å². The molecule has 0 atom stereocenters. The maximum atomic E-state index is 12.4. The molecule has 2 rings (SSSR count). The molecule has 1 fully saturated rings. The lowest BCUT2D eigenvalue weighted by Gasteiger charge is -2.27. The Bertz CT molecular complexity index is 523. The quantitative estimate of drug-likeness (QED) is 0.840. The summed E-state index contributed by atoms with van der Waals surface area (Å²) in [5.41, 5.74) is -1.13. The Morgan fingerprint density at radius 2 is 1.90 bits per heavy atom. The van der Waals surface area contributed by atoms with E-state index in [1.165, 1.54) is 12.8 Å². The van der Waals surface area contributed by atoms with Crippen LogP contribution in [0, 0.1) is 0 Å². The fraction of sp³-hybridized carbons (Fsp3) is 0.750. The van der Waals surface area contributed by atoms with E-state index in [0.29, 0.717) is 12.4 Å².